The first-order chi connectivity index (χ1) is 11.9. The molecule has 3 fully saturated rings. The SMILES string of the molecule is CC12CCC(=O)C=C1C(OCCO)CC1C2CCC2(C)C(O)CCC12. The Morgan fingerprint density at radius 2 is 2.00 bits per heavy atom. The molecular formula is C21H32O4. The summed E-state index contributed by atoms with van der Waals surface area (Å²) in [6, 6.07) is 0. The molecule has 4 heteroatoms. The molecule has 0 spiro atoms. The lowest BCUT2D eigenvalue weighted by molar-refractivity contribution is -0.123. The number of fused-ring (bicyclic) bond motifs is 5. The lowest BCUT2D eigenvalue weighted by Gasteiger charge is -2.59. The normalized spacial score (nSPS) is 49.2. The minimum absolute atomic E-state index is 0.0163. The number of ketones is 1. The fourth-order valence-electron chi connectivity index (χ4n) is 6.90. The molecule has 4 nitrogen and oxygen atoms in total. The van der Waals surface area contributed by atoms with Crippen molar-refractivity contribution in [3.8, 4) is 0 Å². The van der Waals surface area contributed by atoms with E-state index in [4.69, 9.17) is 4.74 Å². The Balaban J connectivity index is 1.70. The lowest BCUT2D eigenvalue weighted by Crippen LogP contribution is -2.54. The van der Waals surface area contributed by atoms with Gasteiger partial charge in [-0.05, 0) is 78.8 Å². The van der Waals surface area contributed by atoms with Gasteiger partial charge in [-0.15, -0.1) is 0 Å². The Labute approximate surface area is 150 Å². The molecule has 0 heterocycles. The van der Waals surface area contributed by atoms with Crippen LogP contribution < -0.4 is 0 Å². The van der Waals surface area contributed by atoms with Crippen molar-refractivity contribution in [2.75, 3.05) is 13.2 Å². The van der Waals surface area contributed by atoms with Crippen molar-refractivity contribution < 1.29 is 19.7 Å². The van der Waals surface area contributed by atoms with Gasteiger partial charge >= 0.3 is 0 Å². The molecule has 140 valence electrons. The molecule has 7 atom stereocenters. The quantitative estimate of drug-likeness (QED) is 0.823. The van der Waals surface area contributed by atoms with Gasteiger partial charge in [-0.2, -0.15) is 0 Å². The van der Waals surface area contributed by atoms with Crippen molar-refractivity contribution in [1.29, 1.82) is 0 Å². The maximum atomic E-state index is 12.1. The minimum Gasteiger partial charge on any atom is -0.394 e. The first-order valence-corrected chi connectivity index (χ1v) is 10.1. The third-order valence-electron chi connectivity index (χ3n) is 8.32. The summed E-state index contributed by atoms with van der Waals surface area (Å²) in [6.45, 7) is 4.97. The van der Waals surface area contributed by atoms with E-state index in [9.17, 15) is 15.0 Å². The highest BCUT2D eigenvalue weighted by Crippen LogP contribution is 2.65. The van der Waals surface area contributed by atoms with Gasteiger partial charge in [0, 0.05) is 6.42 Å². The van der Waals surface area contributed by atoms with Crippen LogP contribution in [-0.2, 0) is 9.53 Å². The average Bonchev–Trinajstić information content (AvgIpc) is 2.89. The second-order valence-corrected chi connectivity index (χ2v) is 9.32. The minimum atomic E-state index is -0.173. The summed E-state index contributed by atoms with van der Waals surface area (Å²) in [7, 11) is 0. The molecule has 0 saturated heterocycles. The van der Waals surface area contributed by atoms with Crippen LogP contribution in [0.25, 0.3) is 0 Å². The largest absolute Gasteiger partial charge is 0.394 e. The van der Waals surface area contributed by atoms with E-state index >= 15 is 0 Å². The number of hydrogen-bond acceptors (Lipinski definition) is 4. The molecule has 2 N–H and O–H groups in total. The molecule has 7 unspecified atom stereocenters. The van der Waals surface area contributed by atoms with Crippen LogP contribution in [0.3, 0.4) is 0 Å². The molecule has 0 bridgehead atoms. The Hall–Kier alpha value is -0.710. The second kappa shape index (κ2) is 6.17. The molecule has 0 aromatic heterocycles. The maximum absolute atomic E-state index is 12.1. The van der Waals surface area contributed by atoms with Crippen LogP contribution >= 0.6 is 0 Å². The summed E-state index contributed by atoms with van der Waals surface area (Å²) in [6.07, 6.45) is 8.40. The third kappa shape index (κ3) is 2.55. The topological polar surface area (TPSA) is 66.8 Å². The molecule has 4 aliphatic rings. The summed E-state index contributed by atoms with van der Waals surface area (Å²) in [5.74, 6) is 1.91. The van der Waals surface area contributed by atoms with E-state index in [1.807, 2.05) is 6.08 Å². The van der Waals surface area contributed by atoms with E-state index in [0.29, 0.717) is 30.8 Å². The van der Waals surface area contributed by atoms with Crippen LogP contribution in [-0.4, -0.2) is 41.4 Å². The highest BCUT2D eigenvalue weighted by atomic mass is 16.5. The molecule has 3 saturated carbocycles. The van der Waals surface area contributed by atoms with Gasteiger partial charge in [0.2, 0.25) is 0 Å². The van der Waals surface area contributed by atoms with E-state index in [2.05, 4.69) is 13.8 Å². The van der Waals surface area contributed by atoms with E-state index in [-0.39, 0.29) is 35.4 Å². The molecule has 0 aromatic carbocycles. The van der Waals surface area contributed by atoms with Crippen molar-refractivity contribution in [1.82, 2.24) is 0 Å². The van der Waals surface area contributed by atoms with Gasteiger partial charge in [0.1, 0.15) is 0 Å². The molecule has 0 radical (unpaired) electrons. The van der Waals surface area contributed by atoms with Crippen molar-refractivity contribution >= 4 is 5.78 Å². The van der Waals surface area contributed by atoms with Gasteiger partial charge in [-0.1, -0.05) is 13.8 Å². The lowest BCUT2D eigenvalue weighted by atomic mass is 9.47. The summed E-state index contributed by atoms with van der Waals surface area (Å²) >= 11 is 0. The van der Waals surface area contributed by atoms with Crippen LogP contribution in [0.5, 0.6) is 0 Å². The Kier molecular flexibility index (Phi) is 4.37. The number of hydrogen-bond donors (Lipinski definition) is 2. The predicted octanol–water partition coefficient (Wildman–Crippen LogP) is 2.87. The third-order valence-corrected chi connectivity index (χ3v) is 8.32. The number of rotatable bonds is 3. The molecule has 4 aliphatic carbocycles. The summed E-state index contributed by atoms with van der Waals surface area (Å²) < 4.78 is 6.04. The van der Waals surface area contributed by atoms with Crippen molar-refractivity contribution in [2.24, 2.45) is 28.6 Å². The smallest absolute Gasteiger partial charge is 0.155 e. The number of ether oxygens (including phenoxy) is 1. The number of aliphatic hydroxyl groups is 2. The van der Waals surface area contributed by atoms with Crippen molar-refractivity contribution in [2.45, 2.75) is 71.0 Å². The molecule has 0 amide bonds. The van der Waals surface area contributed by atoms with Gasteiger partial charge in [0.15, 0.2) is 5.78 Å². The van der Waals surface area contributed by atoms with E-state index < -0.39 is 0 Å². The Morgan fingerprint density at radius 1 is 1.20 bits per heavy atom. The first kappa shape index (κ1) is 17.7. The van der Waals surface area contributed by atoms with Crippen LogP contribution in [0.1, 0.15) is 58.8 Å². The van der Waals surface area contributed by atoms with Crippen LogP contribution in [0.4, 0.5) is 0 Å². The zero-order valence-electron chi connectivity index (χ0n) is 15.5. The molecule has 0 aromatic rings. The van der Waals surface area contributed by atoms with E-state index in [0.717, 1.165) is 38.5 Å². The fourth-order valence-corrected chi connectivity index (χ4v) is 6.90. The van der Waals surface area contributed by atoms with Crippen LogP contribution in [0, 0.1) is 28.6 Å². The molecule has 4 rings (SSSR count). The molecule has 25 heavy (non-hydrogen) atoms. The van der Waals surface area contributed by atoms with Gasteiger partial charge < -0.3 is 14.9 Å². The van der Waals surface area contributed by atoms with Gasteiger partial charge in [-0.3, -0.25) is 4.79 Å². The second-order valence-electron chi connectivity index (χ2n) is 9.32. The van der Waals surface area contributed by atoms with Crippen molar-refractivity contribution in [3.05, 3.63) is 11.6 Å². The average molecular weight is 348 g/mol. The zero-order valence-corrected chi connectivity index (χ0v) is 15.5. The monoisotopic (exact) mass is 348 g/mol. The Bertz CT molecular complexity index is 584. The number of carbonyl (C=O) groups is 1. The highest BCUT2D eigenvalue weighted by Gasteiger charge is 2.60. The van der Waals surface area contributed by atoms with Gasteiger partial charge in [0.25, 0.3) is 0 Å². The number of carbonyl (C=O) groups excluding carboxylic acids is 1. The summed E-state index contributed by atoms with van der Waals surface area (Å²) in [5, 5.41) is 19.8. The van der Waals surface area contributed by atoms with E-state index in [1.54, 1.807) is 0 Å². The Morgan fingerprint density at radius 3 is 2.76 bits per heavy atom. The number of aliphatic hydroxyl groups excluding tert-OH is 2. The predicted molar refractivity (Wildman–Crippen MR) is 94.9 cm³/mol. The highest BCUT2D eigenvalue weighted by molar-refractivity contribution is 5.91. The standard InChI is InChI=1S/C21H32O4/c1-20-7-5-13(23)11-17(20)18(25-10-9-22)12-14-15-3-4-19(24)21(15,2)8-6-16(14)20/h11,14-16,18-19,22,24H,3-10,12H2,1-2H3. The van der Waals surface area contributed by atoms with Crippen LogP contribution in [0.15, 0.2) is 11.6 Å². The zero-order chi connectivity index (χ0) is 17.8. The molecule has 0 aliphatic heterocycles. The summed E-state index contributed by atoms with van der Waals surface area (Å²) in [5.41, 5.74) is 1.26. The van der Waals surface area contributed by atoms with Crippen LogP contribution in [0.2, 0.25) is 0 Å². The summed E-state index contributed by atoms with van der Waals surface area (Å²) in [4.78, 5) is 12.1. The first-order valence-electron chi connectivity index (χ1n) is 10.1. The van der Waals surface area contributed by atoms with Gasteiger partial charge in [-0.25, -0.2) is 0 Å². The fraction of sp³-hybridized carbons (Fsp3) is 0.857. The molecular weight excluding hydrogens is 316 g/mol. The van der Waals surface area contributed by atoms with Gasteiger partial charge in [0.05, 0.1) is 25.4 Å². The van der Waals surface area contributed by atoms with Crippen molar-refractivity contribution in [3.63, 3.8) is 0 Å². The van der Waals surface area contributed by atoms with E-state index in [1.165, 1.54) is 5.57 Å². The maximum Gasteiger partial charge on any atom is 0.155 e.